The van der Waals surface area contributed by atoms with Crippen molar-refractivity contribution in [3.8, 4) is 0 Å². The number of rotatable bonds is 7. The molecular weight excluding hydrogens is 364 g/mol. The molecule has 1 aromatic rings. The van der Waals surface area contributed by atoms with Crippen LogP contribution in [0.3, 0.4) is 0 Å². The van der Waals surface area contributed by atoms with Crippen LogP contribution < -0.4 is 4.72 Å². The van der Waals surface area contributed by atoms with Crippen LogP contribution in [0.1, 0.15) is 32.3 Å². The molecule has 25 heavy (non-hydrogen) atoms. The molecule has 0 saturated carbocycles. The minimum Gasteiger partial charge on any atom is -0.378 e. The van der Waals surface area contributed by atoms with E-state index in [2.05, 4.69) is 4.72 Å². The second kappa shape index (κ2) is 8.13. The van der Waals surface area contributed by atoms with Gasteiger partial charge in [-0.25, -0.2) is 21.6 Å². The molecule has 1 aromatic carbocycles. The summed E-state index contributed by atoms with van der Waals surface area (Å²) in [5.74, 6) is 0.0334. The third-order valence-electron chi connectivity index (χ3n) is 4.17. The van der Waals surface area contributed by atoms with Gasteiger partial charge in [-0.3, -0.25) is 0 Å². The summed E-state index contributed by atoms with van der Waals surface area (Å²) in [6.07, 6.45) is 0. The van der Waals surface area contributed by atoms with E-state index < -0.39 is 20.0 Å². The average Bonchev–Trinajstić information content (AvgIpc) is 2.54. The fraction of sp³-hybridized carbons (Fsp3) is 0.625. The van der Waals surface area contributed by atoms with Gasteiger partial charge in [0.1, 0.15) is 0 Å². The zero-order valence-electron chi connectivity index (χ0n) is 14.8. The Morgan fingerprint density at radius 2 is 1.84 bits per heavy atom. The first-order valence-corrected chi connectivity index (χ1v) is 11.4. The van der Waals surface area contributed by atoms with E-state index in [9.17, 15) is 16.8 Å². The molecule has 1 aliphatic rings. The van der Waals surface area contributed by atoms with Crippen LogP contribution in [-0.4, -0.2) is 59.2 Å². The zero-order valence-corrected chi connectivity index (χ0v) is 16.4. The molecule has 0 aromatic heterocycles. The lowest BCUT2D eigenvalue weighted by molar-refractivity contribution is 0.0393. The number of hydrogen-bond acceptors (Lipinski definition) is 5. The summed E-state index contributed by atoms with van der Waals surface area (Å²) in [7, 11) is -7.26. The molecule has 9 heteroatoms. The summed E-state index contributed by atoms with van der Waals surface area (Å²) < 4.78 is 58.3. The minimum atomic E-state index is -3.73. The minimum absolute atomic E-state index is 0.133. The van der Waals surface area contributed by atoms with Crippen LogP contribution >= 0.6 is 0 Å². The second-order valence-electron chi connectivity index (χ2n) is 6.47. The molecule has 0 amide bonds. The quantitative estimate of drug-likeness (QED) is 0.754. The monoisotopic (exact) mass is 390 g/mol. The normalized spacial score (nSPS) is 20.1. The van der Waals surface area contributed by atoms with Crippen molar-refractivity contribution < 1.29 is 21.6 Å². The Balaban J connectivity index is 1.97. The topological polar surface area (TPSA) is 92.8 Å². The zero-order chi connectivity index (χ0) is 18.7. The molecule has 1 aliphatic heterocycles. The van der Waals surface area contributed by atoms with E-state index in [-0.39, 0.29) is 23.2 Å². The van der Waals surface area contributed by atoms with Crippen LogP contribution in [0.4, 0.5) is 0 Å². The van der Waals surface area contributed by atoms with Crippen LogP contribution in [0.15, 0.2) is 29.2 Å². The predicted molar refractivity (Wildman–Crippen MR) is 96.5 cm³/mol. The summed E-state index contributed by atoms with van der Waals surface area (Å²) in [6, 6.07) is 6.38. The molecular formula is C16H26N2O5S2. The number of hydrogen-bond donors (Lipinski definition) is 1. The van der Waals surface area contributed by atoms with Gasteiger partial charge in [0, 0.05) is 19.1 Å². The Morgan fingerprint density at radius 3 is 2.40 bits per heavy atom. The summed E-state index contributed by atoms with van der Waals surface area (Å²) >= 11 is 0. The van der Waals surface area contributed by atoms with Gasteiger partial charge in [0.05, 0.1) is 23.9 Å². The molecule has 2 rings (SSSR count). The lowest BCUT2D eigenvalue weighted by Gasteiger charge is -2.32. The first kappa shape index (κ1) is 20.3. The summed E-state index contributed by atoms with van der Waals surface area (Å²) in [6.45, 7) is 6.67. The van der Waals surface area contributed by atoms with Crippen molar-refractivity contribution >= 4 is 20.0 Å². The number of ether oxygens (including phenoxy) is 1. The standard InChI is InChI=1S/C16H26N2O5S2/c1-13(2)15-4-6-16(7-5-15)25(21,22)17-8-11-24(19,20)18-9-10-23-12-14(18)3/h4-7,13-14,17H,8-12H2,1-3H3. The van der Waals surface area contributed by atoms with Crippen LogP contribution in [0.2, 0.25) is 0 Å². The van der Waals surface area contributed by atoms with Gasteiger partial charge < -0.3 is 4.74 Å². The lowest BCUT2D eigenvalue weighted by Crippen LogP contribution is -2.49. The fourth-order valence-corrected chi connectivity index (χ4v) is 5.38. The second-order valence-corrected chi connectivity index (χ2v) is 10.3. The average molecular weight is 391 g/mol. The van der Waals surface area contributed by atoms with Crippen molar-refractivity contribution in [2.24, 2.45) is 0 Å². The van der Waals surface area contributed by atoms with Gasteiger partial charge in [-0.05, 0) is 30.5 Å². The Labute approximate surface area is 150 Å². The van der Waals surface area contributed by atoms with E-state index in [0.717, 1.165) is 5.56 Å². The lowest BCUT2D eigenvalue weighted by atomic mass is 10.0. The van der Waals surface area contributed by atoms with Gasteiger partial charge in [0.15, 0.2) is 0 Å². The number of benzene rings is 1. The van der Waals surface area contributed by atoms with Crippen LogP contribution in [0, 0.1) is 0 Å². The highest BCUT2D eigenvalue weighted by molar-refractivity contribution is 7.90. The van der Waals surface area contributed by atoms with E-state index in [4.69, 9.17) is 4.74 Å². The maximum absolute atomic E-state index is 12.4. The number of nitrogens with zero attached hydrogens (tertiary/aromatic N) is 1. The summed E-state index contributed by atoms with van der Waals surface area (Å²) in [4.78, 5) is 0.133. The Morgan fingerprint density at radius 1 is 1.20 bits per heavy atom. The van der Waals surface area contributed by atoms with Crippen LogP contribution in [0.5, 0.6) is 0 Å². The SMILES string of the molecule is CC(C)c1ccc(S(=O)(=O)NCCS(=O)(=O)N2CCOCC2C)cc1. The smallest absolute Gasteiger partial charge is 0.240 e. The van der Waals surface area contributed by atoms with Crippen molar-refractivity contribution in [1.82, 2.24) is 9.03 Å². The van der Waals surface area contributed by atoms with E-state index in [1.54, 1.807) is 19.1 Å². The molecule has 1 heterocycles. The fourth-order valence-electron chi connectivity index (χ4n) is 2.66. The highest BCUT2D eigenvalue weighted by Gasteiger charge is 2.30. The van der Waals surface area contributed by atoms with Crippen molar-refractivity contribution in [2.75, 3.05) is 32.1 Å². The molecule has 142 valence electrons. The first-order valence-electron chi connectivity index (χ1n) is 8.30. The van der Waals surface area contributed by atoms with Crippen molar-refractivity contribution in [3.05, 3.63) is 29.8 Å². The third kappa shape index (κ3) is 5.24. The molecule has 1 saturated heterocycles. The molecule has 1 N–H and O–H groups in total. The van der Waals surface area contributed by atoms with Crippen molar-refractivity contribution in [3.63, 3.8) is 0 Å². The van der Waals surface area contributed by atoms with Gasteiger partial charge >= 0.3 is 0 Å². The number of morpholine rings is 1. The van der Waals surface area contributed by atoms with Gasteiger partial charge in [-0.15, -0.1) is 0 Å². The van der Waals surface area contributed by atoms with Crippen molar-refractivity contribution in [1.29, 1.82) is 0 Å². The van der Waals surface area contributed by atoms with Crippen molar-refractivity contribution in [2.45, 2.75) is 37.6 Å². The maximum Gasteiger partial charge on any atom is 0.240 e. The third-order valence-corrected chi connectivity index (χ3v) is 7.63. The van der Waals surface area contributed by atoms with Gasteiger partial charge in [-0.1, -0.05) is 26.0 Å². The van der Waals surface area contributed by atoms with Gasteiger partial charge in [0.25, 0.3) is 0 Å². The predicted octanol–water partition coefficient (Wildman–Crippen LogP) is 1.14. The van der Waals surface area contributed by atoms with Crippen LogP contribution in [0.25, 0.3) is 0 Å². The number of sulfonamides is 2. The van der Waals surface area contributed by atoms with E-state index in [1.165, 1.54) is 16.4 Å². The first-order chi connectivity index (χ1) is 11.6. The Bertz CT molecular complexity index is 773. The highest BCUT2D eigenvalue weighted by atomic mass is 32.2. The van der Waals surface area contributed by atoms with Crippen LogP contribution in [-0.2, 0) is 24.8 Å². The summed E-state index contributed by atoms with van der Waals surface area (Å²) in [5.41, 5.74) is 1.04. The molecule has 1 unspecified atom stereocenters. The number of nitrogens with one attached hydrogen (secondary N) is 1. The molecule has 1 atom stereocenters. The molecule has 0 spiro atoms. The molecule has 0 aliphatic carbocycles. The molecule has 1 fully saturated rings. The molecule has 0 bridgehead atoms. The maximum atomic E-state index is 12.4. The van der Waals surface area contributed by atoms with E-state index >= 15 is 0 Å². The van der Waals surface area contributed by atoms with E-state index in [0.29, 0.717) is 25.7 Å². The Kier molecular flexibility index (Phi) is 6.61. The summed E-state index contributed by atoms with van der Waals surface area (Å²) in [5, 5.41) is 0. The van der Waals surface area contributed by atoms with Gasteiger partial charge in [-0.2, -0.15) is 4.31 Å². The highest BCUT2D eigenvalue weighted by Crippen LogP contribution is 2.17. The van der Waals surface area contributed by atoms with E-state index in [1.807, 2.05) is 13.8 Å². The molecule has 7 nitrogen and oxygen atoms in total. The largest absolute Gasteiger partial charge is 0.378 e. The Hall–Kier alpha value is -1.00. The van der Waals surface area contributed by atoms with Gasteiger partial charge in [0.2, 0.25) is 20.0 Å². The molecule has 0 radical (unpaired) electrons.